The molecule has 0 aliphatic carbocycles. The van der Waals surface area contributed by atoms with E-state index in [1.807, 2.05) is 59.5 Å². The Hall–Kier alpha value is -2.49. The van der Waals surface area contributed by atoms with Crippen LogP contribution in [-0.4, -0.2) is 37.1 Å². The minimum Gasteiger partial charge on any atom is -0.490 e. The van der Waals surface area contributed by atoms with Crippen LogP contribution in [0.4, 0.5) is 0 Å². The molecule has 0 radical (unpaired) electrons. The average Bonchev–Trinajstić information content (AvgIpc) is 2.66. The first-order valence-electron chi connectivity index (χ1n) is 8.95. The Labute approximate surface area is 150 Å². The fraction of sp³-hybridized carbons (Fsp3) is 0.381. The van der Waals surface area contributed by atoms with Crippen molar-refractivity contribution in [2.75, 3.05) is 26.3 Å². The fourth-order valence-electron chi connectivity index (χ4n) is 2.62. The van der Waals surface area contributed by atoms with Crippen molar-refractivity contribution in [3.05, 3.63) is 60.2 Å². The van der Waals surface area contributed by atoms with Crippen LogP contribution in [0.25, 0.3) is 0 Å². The molecule has 2 aromatic carbocycles. The molecule has 0 aliphatic rings. The number of benzene rings is 2. The van der Waals surface area contributed by atoms with Crippen molar-refractivity contribution in [1.29, 1.82) is 0 Å². The van der Waals surface area contributed by atoms with Gasteiger partial charge in [-0.1, -0.05) is 44.2 Å². The molecule has 0 heterocycles. The summed E-state index contributed by atoms with van der Waals surface area (Å²) in [5.41, 5.74) is 0.615. The average molecular weight is 341 g/mol. The number of amides is 1. The molecule has 2 rings (SSSR count). The smallest absolute Gasteiger partial charge is 0.257 e. The highest BCUT2D eigenvalue weighted by Gasteiger charge is 2.18. The molecule has 134 valence electrons. The molecule has 25 heavy (non-hydrogen) atoms. The number of nitrogens with zero attached hydrogens (tertiary/aromatic N) is 1. The number of carbonyl (C=O) groups excluding carboxylic acids is 1. The van der Waals surface area contributed by atoms with Crippen molar-refractivity contribution in [1.82, 2.24) is 4.90 Å². The molecule has 2 aromatic rings. The lowest BCUT2D eigenvalue weighted by molar-refractivity contribution is 0.0750. The van der Waals surface area contributed by atoms with Gasteiger partial charge in [0.15, 0.2) is 0 Å². The maximum Gasteiger partial charge on any atom is 0.257 e. The summed E-state index contributed by atoms with van der Waals surface area (Å²) >= 11 is 0. The third-order valence-corrected chi connectivity index (χ3v) is 3.74. The number of hydrogen-bond acceptors (Lipinski definition) is 3. The maximum atomic E-state index is 12.8. The van der Waals surface area contributed by atoms with Gasteiger partial charge < -0.3 is 14.4 Å². The van der Waals surface area contributed by atoms with Gasteiger partial charge in [-0.25, -0.2) is 0 Å². The van der Waals surface area contributed by atoms with Gasteiger partial charge in [-0.2, -0.15) is 0 Å². The van der Waals surface area contributed by atoms with Gasteiger partial charge >= 0.3 is 0 Å². The van der Waals surface area contributed by atoms with Crippen LogP contribution in [0.5, 0.6) is 11.5 Å². The van der Waals surface area contributed by atoms with Crippen molar-refractivity contribution in [2.45, 2.75) is 26.7 Å². The summed E-state index contributed by atoms with van der Waals surface area (Å²) in [5.74, 6) is 1.46. The van der Waals surface area contributed by atoms with Crippen LogP contribution >= 0.6 is 0 Å². The predicted molar refractivity (Wildman–Crippen MR) is 100 cm³/mol. The van der Waals surface area contributed by atoms with Gasteiger partial charge in [-0.05, 0) is 37.1 Å². The summed E-state index contributed by atoms with van der Waals surface area (Å²) in [6, 6.07) is 17.0. The van der Waals surface area contributed by atoms with E-state index < -0.39 is 0 Å². The van der Waals surface area contributed by atoms with Crippen LogP contribution in [0.1, 0.15) is 37.0 Å². The second-order valence-electron chi connectivity index (χ2n) is 5.80. The number of rotatable bonds is 10. The minimum atomic E-state index is 0.0308. The first kappa shape index (κ1) is 18.8. The molecule has 0 saturated heterocycles. The molecule has 0 saturated carbocycles. The van der Waals surface area contributed by atoms with Crippen LogP contribution in [-0.2, 0) is 0 Å². The van der Waals surface area contributed by atoms with Gasteiger partial charge in [0.05, 0.1) is 5.56 Å². The summed E-state index contributed by atoms with van der Waals surface area (Å²) in [6.07, 6.45) is 1.89. The molecule has 0 unspecified atom stereocenters. The van der Waals surface area contributed by atoms with Crippen LogP contribution in [0.2, 0.25) is 0 Å². The first-order chi connectivity index (χ1) is 12.3. The largest absolute Gasteiger partial charge is 0.490 e. The molecular weight excluding hydrogens is 314 g/mol. The van der Waals surface area contributed by atoms with E-state index in [1.165, 1.54) is 0 Å². The van der Waals surface area contributed by atoms with Crippen molar-refractivity contribution in [3.8, 4) is 11.5 Å². The normalized spacial score (nSPS) is 10.3. The molecular formula is C21H27NO3. The summed E-state index contributed by atoms with van der Waals surface area (Å²) in [7, 11) is 0. The van der Waals surface area contributed by atoms with Crippen molar-refractivity contribution >= 4 is 5.91 Å². The zero-order chi connectivity index (χ0) is 17.9. The lowest BCUT2D eigenvalue weighted by atomic mass is 10.1. The monoisotopic (exact) mass is 341 g/mol. The predicted octanol–water partition coefficient (Wildman–Crippen LogP) is 4.41. The lowest BCUT2D eigenvalue weighted by Crippen LogP contribution is -2.32. The van der Waals surface area contributed by atoms with E-state index in [-0.39, 0.29) is 5.91 Å². The zero-order valence-corrected chi connectivity index (χ0v) is 15.1. The molecule has 1 amide bonds. The van der Waals surface area contributed by atoms with Crippen LogP contribution in [0, 0.1) is 0 Å². The van der Waals surface area contributed by atoms with Gasteiger partial charge in [0.2, 0.25) is 0 Å². The van der Waals surface area contributed by atoms with Crippen LogP contribution in [0.15, 0.2) is 54.6 Å². The van der Waals surface area contributed by atoms with Gasteiger partial charge in [0, 0.05) is 13.1 Å². The van der Waals surface area contributed by atoms with E-state index in [4.69, 9.17) is 9.47 Å². The molecule has 4 nitrogen and oxygen atoms in total. The second-order valence-corrected chi connectivity index (χ2v) is 5.80. The summed E-state index contributed by atoms with van der Waals surface area (Å²) in [5, 5.41) is 0. The number of ether oxygens (including phenoxy) is 2. The van der Waals surface area contributed by atoms with Crippen molar-refractivity contribution in [2.24, 2.45) is 0 Å². The Balaban J connectivity index is 1.96. The number of carbonyl (C=O) groups is 1. The van der Waals surface area contributed by atoms with E-state index in [0.29, 0.717) is 24.5 Å². The third kappa shape index (κ3) is 5.82. The van der Waals surface area contributed by atoms with E-state index >= 15 is 0 Å². The Morgan fingerprint density at radius 2 is 1.44 bits per heavy atom. The van der Waals surface area contributed by atoms with Crippen molar-refractivity contribution in [3.63, 3.8) is 0 Å². The lowest BCUT2D eigenvalue weighted by Gasteiger charge is -2.22. The summed E-state index contributed by atoms with van der Waals surface area (Å²) < 4.78 is 11.4. The maximum absolute atomic E-state index is 12.8. The quantitative estimate of drug-likeness (QED) is 0.601. The number of hydrogen-bond donors (Lipinski definition) is 0. The first-order valence-corrected chi connectivity index (χ1v) is 8.95. The highest BCUT2D eigenvalue weighted by atomic mass is 16.5. The third-order valence-electron chi connectivity index (χ3n) is 3.74. The summed E-state index contributed by atoms with van der Waals surface area (Å²) in [4.78, 5) is 14.7. The molecule has 0 spiro atoms. The molecule has 0 N–H and O–H groups in total. The molecule has 0 atom stereocenters. The second kappa shape index (κ2) is 10.4. The topological polar surface area (TPSA) is 38.8 Å². The minimum absolute atomic E-state index is 0.0308. The summed E-state index contributed by atoms with van der Waals surface area (Å²) in [6.45, 7) is 6.51. The Kier molecular flexibility index (Phi) is 7.83. The fourth-order valence-corrected chi connectivity index (χ4v) is 2.62. The van der Waals surface area contributed by atoms with E-state index in [9.17, 15) is 4.79 Å². The SMILES string of the molecule is CCCN(CCC)C(=O)c1ccccc1OCCOc1ccccc1. The van der Waals surface area contributed by atoms with E-state index in [1.54, 1.807) is 0 Å². The van der Waals surface area contributed by atoms with Gasteiger partial charge in [0.1, 0.15) is 24.7 Å². The highest BCUT2D eigenvalue weighted by molar-refractivity contribution is 5.96. The molecule has 4 heteroatoms. The highest BCUT2D eigenvalue weighted by Crippen LogP contribution is 2.20. The van der Waals surface area contributed by atoms with E-state index in [2.05, 4.69) is 13.8 Å². The van der Waals surface area contributed by atoms with Crippen molar-refractivity contribution < 1.29 is 14.3 Å². The van der Waals surface area contributed by atoms with Gasteiger partial charge in [-0.15, -0.1) is 0 Å². The standard InChI is InChI=1S/C21H27NO3/c1-3-14-22(15-4-2)21(23)19-12-8-9-13-20(19)25-17-16-24-18-10-6-5-7-11-18/h5-13H,3-4,14-17H2,1-2H3. The molecule has 0 aliphatic heterocycles. The zero-order valence-electron chi connectivity index (χ0n) is 15.1. The number of para-hydroxylation sites is 2. The Morgan fingerprint density at radius 1 is 0.840 bits per heavy atom. The molecule has 0 aromatic heterocycles. The van der Waals surface area contributed by atoms with Gasteiger partial charge in [-0.3, -0.25) is 4.79 Å². The molecule has 0 bridgehead atoms. The van der Waals surface area contributed by atoms with E-state index in [0.717, 1.165) is 31.7 Å². The Morgan fingerprint density at radius 3 is 2.12 bits per heavy atom. The molecule has 0 fully saturated rings. The van der Waals surface area contributed by atoms with Crippen LogP contribution in [0.3, 0.4) is 0 Å². The Bertz CT molecular complexity index is 637. The van der Waals surface area contributed by atoms with Gasteiger partial charge in [0.25, 0.3) is 5.91 Å². The van der Waals surface area contributed by atoms with Crippen LogP contribution < -0.4 is 9.47 Å².